The van der Waals surface area contributed by atoms with Crippen LogP contribution in [0.2, 0.25) is 5.02 Å². The second-order valence-electron chi connectivity index (χ2n) is 2.87. The summed E-state index contributed by atoms with van der Waals surface area (Å²) in [6.07, 6.45) is 0. The summed E-state index contributed by atoms with van der Waals surface area (Å²) in [5.74, 6) is -1.48. The summed E-state index contributed by atoms with van der Waals surface area (Å²) in [5.41, 5.74) is 0.0325. The van der Waals surface area contributed by atoms with E-state index in [2.05, 4.69) is 4.74 Å². The van der Waals surface area contributed by atoms with Crippen LogP contribution >= 0.6 is 11.6 Å². The minimum Gasteiger partial charge on any atom is -0.496 e. The van der Waals surface area contributed by atoms with E-state index in [1.165, 1.54) is 13.2 Å². The maximum absolute atomic E-state index is 11.7. The van der Waals surface area contributed by atoms with Crippen LogP contribution in [0, 0.1) is 0 Å². The van der Waals surface area contributed by atoms with Crippen molar-refractivity contribution in [2.45, 2.75) is 6.92 Å². The summed E-state index contributed by atoms with van der Waals surface area (Å²) < 4.78 is 9.57. The average molecular weight is 243 g/mol. The minimum absolute atomic E-state index is 0.0325. The smallest absolute Gasteiger partial charge is 0.379 e. The van der Waals surface area contributed by atoms with E-state index in [0.29, 0.717) is 0 Å². The van der Waals surface area contributed by atoms with E-state index >= 15 is 0 Å². The molecule has 0 fully saturated rings. The van der Waals surface area contributed by atoms with E-state index < -0.39 is 11.8 Å². The molecule has 0 aliphatic rings. The van der Waals surface area contributed by atoms with E-state index in [-0.39, 0.29) is 22.9 Å². The van der Waals surface area contributed by atoms with Gasteiger partial charge in [0.1, 0.15) is 5.75 Å². The second kappa shape index (κ2) is 5.51. The largest absolute Gasteiger partial charge is 0.496 e. The molecule has 0 saturated heterocycles. The molecule has 1 aromatic carbocycles. The summed E-state index contributed by atoms with van der Waals surface area (Å²) in [6, 6.07) is 4.69. The number of ether oxygens (including phenoxy) is 2. The molecule has 0 spiro atoms. The fourth-order valence-electron chi connectivity index (χ4n) is 1.19. The molecule has 0 aromatic heterocycles. The Morgan fingerprint density at radius 3 is 2.62 bits per heavy atom. The Kier molecular flexibility index (Phi) is 4.31. The van der Waals surface area contributed by atoms with Crippen molar-refractivity contribution in [3.63, 3.8) is 0 Å². The van der Waals surface area contributed by atoms with Gasteiger partial charge in [-0.2, -0.15) is 0 Å². The van der Waals surface area contributed by atoms with Gasteiger partial charge in [-0.3, -0.25) is 4.79 Å². The first-order chi connectivity index (χ1) is 7.61. The number of esters is 1. The SMILES string of the molecule is CCOC(=O)C(=O)c1c(Cl)cccc1OC. The van der Waals surface area contributed by atoms with Crippen LogP contribution in [0.3, 0.4) is 0 Å². The molecule has 0 radical (unpaired) electrons. The second-order valence-corrected chi connectivity index (χ2v) is 3.27. The van der Waals surface area contributed by atoms with Gasteiger partial charge >= 0.3 is 5.97 Å². The van der Waals surface area contributed by atoms with E-state index in [1.54, 1.807) is 19.1 Å². The van der Waals surface area contributed by atoms with Gasteiger partial charge in [-0.1, -0.05) is 17.7 Å². The molecule has 0 aliphatic heterocycles. The van der Waals surface area contributed by atoms with E-state index in [0.717, 1.165) is 0 Å². The summed E-state index contributed by atoms with van der Waals surface area (Å²) in [7, 11) is 1.40. The van der Waals surface area contributed by atoms with Crippen LogP contribution < -0.4 is 4.74 Å². The van der Waals surface area contributed by atoms with E-state index in [9.17, 15) is 9.59 Å². The van der Waals surface area contributed by atoms with Crippen molar-refractivity contribution in [3.8, 4) is 5.75 Å². The van der Waals surface area contributed by atoms with Gasteiger partial charge in [0.2, 0.25) is 0 Å². The highest BCUT2D eigenvalue weighted by Crippen LogP contribution is 2.26. The van der Waals surface area contributed by atoms with Crippen molar-refractivity contribution < 1.29 is 19.1 Å². The number of halogens is 1. The predicted octanol–water partition coefficient (Wildman–Crippen LogP) is 2.09. The molecule has 86 valence electrons. The summed E-state index contributed by atoms with van der Waals surface area (Å²) in [6.45, 7) is 1.76. The van der Waals surface area contributed by atoms with E-state index in [1.807, 2.05) is 0 Å². The number of hydrogen-bond acceptors (Lipinski definition) is 4. The Labute approximate surface area is 98.1 Å². The maximum Gasteiger partial charge on any atom is 0.379 e. The zero-order valence-corrected chi connectivity index (χ0v) is 9.71. The number of benzene rings is 1. The predicted molar refractivity (Wildman–Crippen MR) is 59.0 cm³/mol. The molecule has 0 bridgehead atoms. The van der Waals surface area contributed by atoms with Crippen molar-refractivity contribution in [2.75, 3.05) is 13.7 Å². The van der Waals surface area contributed by atoms with Gasteiger partial charge < -0.3 is 9.47 Å². The van der Waals surface area contributed by atoms with Crippen molar-refractivity contribution in [2.24, 2.45) is 0 Å². The zero-order valence-electron chi connectivity index (χ0n) is 8.95. The van der Waals surface area contributed by atoms with Gasteiger partial charge in [0.15, 0.2) is 0 Å². The first-order valence-electron chi connectivity index (χ1n) is 4.65. The lowest BCUT2D eigenvalue weighted by atomic mass is 10.1. The highest BCUT2D eigenvalue weighted by molar-refractivity contribution is 6.46. The van der Waals surface area contributed by atoms with Crippen molar-refractivity contribution in [1.82, 2.24) is 0 Å². The lowest BCUT2D eigenvalue weighted by molar-refractivity contribution is -0.137. The fraction of sp³-hybridized carbons (Fsp3) is 0.273. The number of methoxy groups -OCH3 is 1. The lowest BCUT2D eigenvalue weighted by Crippen LogP contribution is -2.18. The Hall–Kier alpha value is -1.55. The third kappa shape index (κ3) is 2.52. The Morgan fingerprint density at radius 1 is 1.38 bits per heavy atom. The average Bonchev–Trinajstić information content (AvgIpc) is 2.28. The highest BCUT2D eigenvalue weighted by atomic mass is 35.5. The van der Waals surface area contributed by atoms with Gasteiger partial charge in [0, 0.05) is 0 Å². The molecular formula is C11H11ClO4. The van der Waals surface area contributed by atoms with Gasteiger partial charge in [-0.25, -0.2) is 4.79 Å². The Balaban J connectivity index is 3.12. The lowest BCUT2D eigenvalue weighted by Gasteiger charge is -2.08. The molecular weight excluding hydrogens is 232 g/mol. The number of ketones is 1. The van der Waals surface area contributed by atoms with Crippen molar-refractivity contribution >= 4 is 23.4 Å². The molecule has 4 nitrogen and oxygen atoms in total. The number of carbonyl (C=O) groups is 2. The zero-order chi connectivity index (χ0) is 12.1. The van der Waals surface area contributed by atoms with Crippen LogP contribution in [-0.4, -0.2) is 25.5 Å². The molecule has 5 heteroatoms. The number of hydrogen-bond donors (Lipinski definition) is 0. The van der Waals surface area contributed by atoms with Crippen LogP contribution in [0.25, 0.3) is 0 Å². The minimum atomic E-state index is -0.936. The van der Waals surface area contributed by atoms with Gasteiger partial charge in [0.05, 0.1) is 24.3 Å². The van der Waals surface area contributed by atoms with Crippen LogP contribution in [0.1, 0.15) is 17.3 Å². The third-order valence-corrected chi connectivity index (χ3v) is 2.20. The maximum atomic E-state index is 11.7. The quantitative estimate of drug-likeness (QED) is 0.461. The molecule has 0 heterocycles. The standard InChI is InChI=1S/C11H11ClO4/c1-3-16-11(14)10(13)9-7(12)5-4-6-8(9)15-2/h4-6H,3H2,1-2H3. The molecule has 1 aromatic rings. The topological polar surface area (TPSA) is 52.6 Å². The fourth-order valence-corrected chi connectivity index (χ4v) is 1.45. The Morgan fingerprint density at radius 2 is 2.06 bits per heavy atom. The van der Waals surface area contributed by atoms with Crippen LogP contribution in [-0.2, 0) is 9.53 Å². The molecule has 1 rings (SSSR count). The molecule has 0 saturated carbocycles. The van der Waals surface area contributed by atoms with Crippen molar-refractivity contribution in [1.29, 1.82) is 0 Å². The Bertz CT molecular complexity index is 414. The molecule has 16 heavy (non-hydrogen) atoms. The monoisotopic (exact) mass is 242 g/mol. The van der Waals surface area contributed by atoms with Gasteiger partial charge in [-0.15, -0.1) is 0 Å². The highest BCUT2D eigenvalue weighted by Gasteiger charge is 2.24. The summed E-state index contributed by atoms with van der Waals surface area (Å²) >= 11 is 5.84. The molecule has 0 aliphatic carbocycles. The normalized spacial score (nSPS) is 9.69. The summed E-state index contributed by atoms with van der Waals surface area (Å²) in [4.78, 5) is 23.0. The van der Waals surface area contributed by atoms with Crippen LogP contribution in [0.15, 0.2) is 18.2 Å². The van der Waals surface area contributed by atoms with E-state index in [4.69, 9.17) is 16.3 Å². The molecule has 0 amide bonds. The van der Waals surface area contributed by atoms with Crippen LogP contribution in [0.5, 0.6) is 5.75 Å². The van der Waals surface area contributed by atoms with Crippen LogP contribution in [0.4, 0.5) is 0 Å². The number of Topliss-reactive ketones (excluding diaryl/α,β-unsaturated/α-hetero) is 1. The van der Waals surface area contributed by atoms with Gasteiger partial charge in [0.25, 0.3) is 5.78 Å². The molecule has 0 unspecified atom stereocenters. The van der Waals surface area contributed by atoms with Crippen molar-refractivity contribution in [3.05, 3.63) is 28.8 Å². The number of carbonyl (C=O) groups excluding carboxylic acids is 2. The number of rotatable bonds is 4. The molecule has 0 N–H and O–H groups in total. The van der Waals surface area contributed by atoms with Gasteiger partial charge in [-0.05, 0) is 19.1 Å². The first-order valence-corrected chi connectivity index (χ1v) is 5.03. The molecule has 0 atom stereocenters. The summed E-state index contributed by atoms with van der Waals surface area (Å²) in [5, 5.41) is 0.164. The third-order valence-electron chi connectivity index (χ3n) is 1.88. The first kappa shape index (κ1) is 12.5.